The lowest BCUT2D eigenvalue weighted by Gasteiger charge is -2.37. The van der Waals surface area contributed by atoms with Crippen LogP contribution >= 0.6 is 23.2 Å². The molecule has 210 valence electrons. The van der Waals surface area contributed by atoms with E-state index < -0.39 is 69.5 Å². The fourth-order valence-electron chi connectivity index (χ4n) is 4.65. The second-order valence-corrected chi connectivity index (χ2v) is 13.3. The Bertz CT molecular complexity index is 895. The number of rotatable bonds is 9. The van der Waals surface area contributed by atoms with Gasteiger partial charge in [0.2, 0.25) is 11.8 Å². The molecule has 2 rings (SSSR count). The summed E-state index contributed by atoms with van der Waals surface area (Å²) in [5, 5.41) is 5.34. The number of carbonyl (C=O) groups excluding carboxylic acids is 5. The largest absolute Gasteiger partial charge is 0.444 e. The molecule has 2 fully saturated rings. The van der Waals surface area contributed by atoms with E-state index in [0.29, 0.717) is 12.8 Å². The molecule has 0 bridgehead atoms. The Morgan fingerprint density at radius 3 is 2.03 bits per heavy atom. The Morgan fingerprint density at radius 2 is 1.59 bits per heavy atom. The summed E-state index contributed by atoms with van der Waals surface area (Å²) in [5.41, 5.74) is 1.71. The number of ketones is 1. The van der Waals surface area contributed by atoms with Gasteiger partial charge in [-0.25, -0.2) is 9.59 Å². The van der Waals surface area contributed by atoms with Gasteiger partial charge in [-0.1, -0.05) is 40.0 Å². The van der Waals surface area contributed by atoms with E-state index >= 15 is 0 Å². The lowest BCUT2D eigenvalue weighted by atomic mass is 9.80. The minimum Gasteiger partial charge on any atom is -0.444 e. The summed E-state index contributed by atoms with van der Waals surface area (Å²) in [5.74, 6) is -3.16. The normalized spacial score (nSPS) is 22.2. The van der Waals surface area contributed by atoms with Crippen molar-refractivity contribution in [1.29, 1.82) is 0 Å². The molecule has 0 aromatic heterocycles. The van der Waals surface area contributed by atoms with Crippen molar-refractivity contribution in [2.24, 2.45) is 17.3 Å². The van der Waals surface area contributed by atoms with Crippen LogP contribution in [0.15, 0.2) is 0 Å². The van der Waals surface area contributed by atoms with Crippen LogP contribution in [0.5, 0.6) is 0 Å². The average Bonchev–Trinajstić information content (AvgIpc) is 3.16. The van der Waals surface area contributed by atoms with Crippen molar-refractivity contribution in [3.8, 4) is 0 Å². The highest BCUT2D eigenvalue weighted by Crippen LogP contribution is 2.35. The van der Waals surface area contributed by atoms with Crippen LogP contribution in [0.25, 0.3) is 0 Å². The molecule has 0 spiro atoms. The van der Waals surface area contributed by atoms with Gasteiger partial charge >= 0.3 is 12.0 Å². The van der Waals surface area contributed by atoms with Crippen molar-refractivity contribution in [2.45, 2.75) is 102 Å². The zero-order valence-electron chi connectivity index (χ0n) is 22.6. The van der Waals surface area contributed by atoms with E-state index in [4.69, 9.17) is 27.9 Å². The van der Waals surface area contributed by atoms with E-state index in [1.807, 2.05) is 0 Å². The molecule has 2 unspecified atom stereocenters. The number of ether oxygens (including phenoxy) is 1. The highest BCUT2D eigenvalue weighted by molar-refractivity contribution is 6.44. The van der Waals surface area contributed by atoms with Gasteiger partial charge in [0.25, 0.3) is 5.78 Å². The number of hydrogen-bond acceptors (Lipinski definition) is 6. The van der Waals surface area contributed by atoms with Gasteiger partial charge in [0, 0.05) is 12.5 Å². The molecular weight excluding hydrogens is 523 g/mol. The van der Waals surface area contributed by atoms with Crippen molar-refractivity contribution in [1.82, 2.24) is 15.5 Å². The minimum absolute atomic E-state index is 0.176. The van der Waals surface area contributed by atoms with Crippen LogP contribution in [-0.4, -0.2) is 69.6 Å². The monoisotopic (exact) mass is 563 g/mol. The summed E-state index contributed by atoms with van der Waals surface area (Å²) in [7, 11) is 0. The summed E-state index contributed by atoms with van der Waals surface area (Å²) in [6.45, 7) is 10.7. The van der Waals surface area contributed by atoms with Crippen LogP contribution in [0.3, 0.4) is 0 Å². The Balaban J connectivity index is 2.31. The maximum absolute atomic E-state index is 13.8. The van der Waals surface area contributed by atoms with Crippen LogP contribution in [0.4, 0.5) is 4.79 Å². The van der Waals surface area contributed by atoms with E-state index in [1.165, 1.54) is 4.90 Å². The Morgan fingerprint density at radius 1 is 1.00 bits per heavy atom. The van der Waals surface area contributed by atoms with Gasteiger partial charge in [0.1, 0.15) is 28.6 Å². The fourth-order valence-corrected chi connectivity index (χ4v) is 5.18. The molecule has 12 heteroatoms. The topological polar surface area (TPSA) is 150 Å². The molecule has 1 heterocycles. The van der Waals surface area contributed by atoms with E-state index in [2.05, 4.69) is 16.4 Å². The first kappa shape index (κ1) is 31.3. The maximum atomic E-state index is 13.8. The number of alkyl carbamates (subject to hydrolysis) is 1. The number of hydrogen-bond donors (Lipinski definition) is 3. The molecule has 2 aliphatic rings. The molecule has 10 nitrogen and oxygen atoms in total. The van der Waals surface area contributed by atoms with Gasteiger partial charge in [-0.15, -0.1) is 23.2 Å². The highest BCUT2D eigenvalue weighted by Gasteiger charge is 2.49. The molecular formula is C25H41Cl2N4O6+. The molecule has 1 saturated heterocycles. The zero-order valence-corrected chi connectivity index (χ0v) is 24.1. The van der Waals surface area contributed by atoms with Crippen LogP contribution in [0.1, 0.15) is 73.6 Å². The zero-order chi connectivity index (χ0) is 28.3. The van der Waals surface area contributed by atoms with Crippen molar-refractivity contribution >= 4 is 52.8 Å². The lowest BCUT2D eigenvalue weighted by Crippen LogP contribution is -2.66. The van der Waals surface area contributed by atoms with Gasteiger partial charge in [0.05, 0.1) is 0 Å². The predicted molar refractivity (Wildman–Crippen MR) is 139 cm³/mol. The van der Waals surface area contributed by atoms with Crippen molar-refractivity contribution in [2.75, 3.05) is 6.54 Å². The minimum atomic E-state index is -1.09. The number of likely N-dealkylation sites (tertiary alicyclic amines) is 1. The van der Waals surface area contributed by atoms with Gasteiger partial charge < -0.3 is 20.3 Å². The van der Waals surface area contributed by atoms with Crippen molar-refractivity contribution in [3.63, 3.8) is 0 Å². The third-order valence-electron chi connectivity index (χ3n) is 6.80. The quantitative estimate of drug-likeness (QED) is 0.288. The third-order valence-corrected chi connectivity index (χ3v) is 7.44. The number of carbonyl (C=O) groups is 5. The Hall–Kier alpha value is -1.91. The first-order valence-corrected chi connectivity index (χ1v) is 13.6. The molecule has 5 N–H and O–H groups in total. The molecule has 0 aromatic rings. The number of alkyl halides is 2. The summed E-state index contributed by atoms with van der Waals surface area (Å²) in [6.07, 6.45) is 2.77. The van der Waals surface area contributed by atoms with Crippen LogP contribution < -0.4 is 16.4 Å². The first-order valence-electron chi connectivity index (χ1n) is 12.7. The molecule has 37 heavy (non-hydrogen) atoms. The second kappa shape index (κ2) is 12.3. The van der Waals surface area contributed by atoms with Gasteiger partial charge in [-0.2, -0.15) is 0 Å². The number of Topliss-reactive ketones (excluding diaryl/α,β-unsaturated/α-hetero) is 1. The van der Waals surface area contributed by atoms with Gasteiger partial charge in [0.15, 0.2) is 0 Å². The highest BCUT2D eigenvalue weighted by atomic mass is 35.5. The summed E-state index contributed by atoms with van der Waals surface area (Å²) >= 11 is 12.4. The molecule has 0 aromatic carbocycles. The van der Waals surface area contributed by atoms with Gasteiger partial charge in [-0.3, -0.25) is 20.1 Å². The van der Waals surface area contributed by atoms with E-state index in [9.17, 15) is 24.0 Å². The smallest absolute Gasteiger partial charge is 0.408 e. The summed E-state index contributed by atoms with van der Waals surface area (Å²) < 4.78 is 5.35. The van der Waals surface area contributed by atoms with Crippen LogP contribution in [-0.2, 0) is 23.9 Å². The number of nitrogens with one attached hydrogen (secondary N) is 2. The summed E-state index contributed by atoms with van der Waals surface area (Å²) in [6, 6.07) is -3.15. The van der Waals surface area contributed by atoms with Crippen LogP contribution in [0.2, 0.25) is 0 Å². The molecule has 4 atom stereocenters. The van der Waals surface area contributed by atoms with E-state index in [0.717, 1.165) is 19.3 Å². The third kappa shape index (κ3) is 8.55. The molecule has 1 aliphatic heterocycles. The second-order valence-electron chi connectivity index (χ2n) is 12.1. The number of quaternary nitrogens is 1. The number of amides is 4. The Labute approximate surface area is 228 Å². The number of nitrogens with zero attached hydrogens (tertiary/aromatic N) is 1. The fraction of sp³-hybridized carbons (Fsp3) is 0.800. The Kier molecular flexibility index (Phi) is 10.4. The van der Waals surface area contributed by atoms with Crippen molar-refractivity contribution in [3.05, 3.63) is 0 Å². The van der Waals surface area contributed by atoms with Gasteiger partial charge in [-0.05, 0) is 44.9 Å². The first-order chi connectivity index (χ1) is 16.9. The predicted octanol–water partition coefficient (Wildman–Crippen LogP) is 1.96. The average molecular weight is 565 g/mol. The molecule has 1 saturated carbocycles. The van der Waals surface area contributed by atoms with Crippen molar-refractivity contribution < 1.29 is 34.4 Å². The standard InChI is InChI=1S/C25H40Cl2N4O6/c1-24(2,3)18(30-23(36)37-25(4,5)6)22(35)31-11-10-14(19(26)27)16(31)21(34)29-15(17(32)20(28)33)12-13-8-7-9-13/h13-16,18-19H,7-12H2,1-6H3,(H2,28,33)(H,29,34)(H,30,36)/p+1/t14?,15?,16-,18+/m0/s1. The number of halogens is 2. The van der Waals surface area contributed by atoms with Crippen LogP contribution in [0, 0.1) is 17.3 Å². The lowest BCUT2D eigenvalue weighted by molar-refractivity contribution is -0.300. The van der Waals surface area contributed by atoms with E-state index in [-0.39, 0.29) is 12.5 Å². The summed E-state index contributed by atoms with van der Waals surface area (Å²) in [4.78, 5) is 64.6. The SMILES string of the molecule is CC(C)(C)OC(=O)N[C@H](C(=O)N1CCC(C(Cl)Cl)[C@H]1C(=O)NC(CC1CCC1)C(=O)C([NH3+])=O)C(C)(C)C. The molecule has 4 amide bonds. The van der Waals surface area contributed by atoms with E-state index in [1.54, 1.807) is 41.5 Å². The molecule has 1 aliphatic carbocycles. The molecule has 0 radical (unpaired) electrons. The maximum Gasteiger partial charge on any atom is 0.408 e.